The molecular formula is C26H31F9N6O8. The Balaban J connectivity index is 0.000000467. The van der Waals surface area contributed by atoms with Gasteiger partial charge in [0.05, 0.1) is 12.2 Å². The van der Waals surface area contributed by atoms with Crippen LogP contribution in [0.5, 0.6) is 0 Å². The molecule has 1 spiro atoms. The highest BCUT2D eigenvalue weighted by Gasteiger charge is 2.44. The number of carbonyl (C=O) groups is 3. The summed E-state index contributed by atoms with van der Waals surface area (Å²) in [5.74, 6) is -7.46. The molecule has 14 nitrogen and oxygen atoms in total. The zero-order chi connectivity index (χ0) is 38.0. The molecule has 0 unspecified atom stereocenters. The Bertz CT molecular complexity index is 1480. The predicted molar refractivity (Wildman–Crippen MR) is 147 cm³/mol. The van der Waals surface area contributed by atoms with E-state index in [9.17, 15) is 49.1 Å². The molecule has 1 saturated heterocycles. The fourth-order valence-electron chi connectivity index (χ4n) is 4.35. The average Bonchev–Trinajstić information content (AvgIpc) is 3.33. The first-order chi connectivity index (χ1) is 22.3. The second-order valence-corrected chi connectivity index (χ2v) is 10.6. The van der Waals surface area contributed by atoms with Crippen LogP contribution >= 0.6 is 0 Å². The van der Waals surface area contributed by atoms with Gasteiger partial charge in [0.25, 0.3) is 0 Å². The minimum atomic E-state index is -5.08. The van der Waals surface area contributed by atoms with Crippen molar-refractivity contribution in [1.82, 2.24) is 29.1 Å². The van der Waals surface area contributed by atoms with Crippen LogP contribution in [-0.2, 0) is 39.4 Å². The third-order valence-corrected chi connectivity index (χ3v) is 6.83. The van der Waals surface area contributed by atoms with Crippen molar-refractivity contribution in [1.29, 1.82) is 0 Å². The lowest BCUT2D eigenvalue weighted by atomic mass is 9.76. The molecule has 0 aromatic carbocycles. The molecular weight excluding hydrogens is 695 g/mol. The minimum absolute atomic E-state index is 0.0899. The number of aromatic nitrogens is 4. The summed E-state index contributed by atoms with van der Waals surface area (Å²) in [4.78, 5) is 60.5. The van der Waals surface area contributed by atoms with E-state index in [1.54, 1.807) is 4.57 Å². The van der Waals surface area contributed by atoms with Crippen molar-refractivity contribution in [2.24, 2.45) is 0 Å². The highest BCUT2D eigenvalue weighted by atomic mass is 19.4. The highest BCUT2D eigenvalue weighted by molar-refractivity contribution is 5.73. The van der Waals surface area contributed by atoms with Gasteiger partial charge in [-0.2, -0.15) is 44.6 Å². The zero-order valence-corrected chi connectivity index (χ0v) is 25.6. The maximum Gasteiger partial charge on any atom is 0.490 e. The van der Waals surface area contributed by atoms with Gasteiger partial charge in [0.2, 0.25) is 0 Å². The van der Waals surface area contributed by atoms with E-state index in [0.717, 1.165) is 50.4 Å². The average molecular weight is 727 g/mol. The Morgan fingerprint density at radius 3 is 1.63 bits per heavy atom. The Morgan fingerprint density at radius 2 is 1.24 bits per heavy atom. The van der Waals surface area contributed by atoms with Crippen LogP contribution in [-0.4, -0.2) is 115 Å². The maximum absolute atomic E-state index is 12.6. The Morgan fingerprint density at radius 1 is 0.796 bits per heavy atom. The van der Waals surface area contributed by atoms with Gasteiger partial charge in [0.15, 0.2) is 0 Å². The van der Waals surface area contributed by atoms with E-state index in [2.05, 4.69) is 21.0 Å². The zero-order valence-electron chi connectivity index (χ0n) is 25.6. The molecule has 2 aromatic rings. The molecule has 0 amide bonds. The first-order valence-electron chi connectivity index (χ1n) is 13.7. The van der Waals surface area contributed by atoms with Gasteiger partial charge >= 0.3 is 47.6 Å². The molecule has 4 heterocycles. The molecule has 49 heavy (non-hydrogen) atoms. The molecule has 23 heteroatoms. The number of carboxylic acid groups (broad SMARTS) is 3. The van der Waals surface area contributed by atoms with Crippen molar-refractivity contribution in [3.8, 4) is 0 Å². The normalized spacial score (nSPS) is 15.5. The van der Waals surface area contributed by atoms with E-state index in [4.69, 9.17) is 29.7 Å². The number of likely N-dealkylation sites (tertiary alicyclic amines) is 1. The van der Waals surface area contributed by atoms with Crippen LogP contribution in [0.1, 0.15) is 30.8 Å². The van der Waals surface area contributed by atoms with Crippen molar-refractivity contribution in [2.45, 2.75) is 62.8 Å². The SMILES string of the molecule is CN(C)CCn1nc2n(c(=O)c1=O)CCC21CCN(Cc2ccccn2)CC1.O=C(O)C(F)(F)F.O=C(O)C(F)(F)F.O=C(O)C(F)(F)F. The molecule has 2 aliphatic heterocycles. The molecule has 0 aliphatic carbocycles. The fourth-order valence-corrected chi connectivity index (χ4v) is 4.35. The number of fused-ring (bicyclic) bond motifs is 2. The Hall–Kier alpha value is -4.54. The number of aliphatic carboxylic acids is 3. The number of nitrogens with zero attached hydrogens (tertiary/aromatic N) is 6. The molecule has 3 N–H and O–H groups in total. The molecule has 4 rings (SSSR count). The van der Waals surface area contributed by atoms with E-state index in [-0.39, 0.29) is 5.41 Å². The first kappa shape index (κ1) is 42.5. The van der Waals surface area contributed by atoms with Crippen molar-refractivity contribution in [3.05, 3.63) is 56.6 Å². The monoisotopic (exact) mass is 726 g/mol. The lowest BCUT2D eigenvalue weighted by molar-refractivity contribution is -0.193. The number of rotatable bonds is 5. The van der Waals surface area contributed by atoms with E-state index < -0.39 is 47.6 Å². The summed E-state index contributed by atoms with van der Waals surface area (Å²) in [5.41, 5.74) is 0.0665. The van der Waals surface area contributed by atoms with Crippen molar-refractivity contribution >= 4 is 17.9 Å². The predicted octanol–water partition coefficient (Wildman–Crippen LogP) is 2.20. The molecule has 0 radical (unpaired) electrons. The largest absolute Gasteiger partial charge is 0.490 e. The summed E-state index contributed by atoms with van der Waals surface area (Å²) in [6, 6.07) is 6.01. The van der Waals surface area contributed by atoms with Gasteiger partial charge in [-0.15, -0.1) is 0 Å². The fraction of sp³-hybridized carbons (Fsp3) is 0.577. The van der Waals surface area contributed by atoms with Crippen LogP contribution in [0.3, 0.4) is 0 Å². The topological polar surface area (TPSA) is 188 Å². The minimum Gasteiger partial charge on any atom is -0.475 e. The lowest BCUT2D eigenvalue weighted by Crippen LogP contribution is -2.47. The van der Waals surface area contributed by atoms with Gasteiger partial charge in [0, 0.05) is 31.2 Å². The number of hydrogen-bond acceptors (Lipinski definition) is 9. The number of halogens is 9. The summed E-state index contributed by atoms with van der Waals surface area (Å²) >= 11 is 0. The van der Waals surface area contributed by atoms with Crippen LogP contribution in [0, 0.1) is 0 Å². The summed E-state index contributed by atoms with van der Waals surface area (Å²) in [6.45, 7) is 4.47. The van der Waals surface area contributed by atoms with E-state index in [1.165, 1.54) is 4.68 Å². The van der Waals surface area contributed by atoms with Gasteiger partial charge in [-0.05, 0) is 58.6 Å². The van der Waals surface area contributed by atoms with Gasteiger partial charge in [0.1, 0.15) is 5.82 Å². The summed E-state index contributed by atoms with van der Waals surface area (Å²) < 4.78 is 98.2. The third-order valence-electron chi connectivity index (χ3n) is 6.83. The highest BCUT2D eigenvalue weighted by Crippen LogP contribution is 2.41. The number of hydrogen-bond donors (Lipinski definition) is 3. The van der Waals surface area contributed by atoms with E-state index in [0.29, 0.717) is 19.6 Å². The smallest absolute Gasteiger partial charge is 0.475 e. The summed E-state index contributed by atoms with van der Waals surface area (Å²) in [5, 5.41) is 26.1. The molecule has 2 aliphatic rings. The summed E-state index contributed by atoms with van der Waals surface area (Å²) in [7, 11) is 3.90. The Kier molecular flexibility index (Phi) is 14.9. The van der Waals surface area contributed by atoms with Crippen LogP contribution in [0.25, 0.3) is 0 Å². The number of carboxylic acids is 3. The quantitative estimate of drug-likeness (QED) is 0.302. The first-order valence-corrected chi connectivity index (χ1v) is 13.7. The van der Waals surface area contributed by atoms with Crippen LogP contribution in [0.2, 0.25) is 0 Å². The van der Waals surface area contributed by atoms with E-state index in [1.807, 2.05) is 37.3 Å². The summed E-state index contributed by atoms with van der Waals surface area (Å²) in [6.07, 6.45) is -10.6. The maximum atomic E-state index is 12.6. The van der Waals surface area contributed by atoms with Gasteiger partial charge < -0.3 is 20.2 Å². The number of likely N-dealkylation sites (N-methyl/N-ethyl adjacent to an activating group) is 1. The third kappa shape index (κ3) is 13.5. The number of pyridine rings is 1. The van der Waals surface area contributed by atoms with E-state index >= 15 is 0 Å². The molecule has 0 atom stereocenters. The van der Waals surface area contributed by atoms with Gasteiger partial charge in [-0.1, -0.05) is 6.07 Å². The van der Waals surface area contributed by atoms with Gasteiger partial charge in [-0.25, -0.2) is 19.1 Å². The van der Waals surface area contributed by atoms with Crippen molar-refractivity contribution in [3.63, 3.8) is 0 Å². The van der Waals surface area contributed by atoms with Crippen LogP contribution in [0.4, 0.5) is 39.5 Å². The standard InChI is InChI=1S/C20H28N6O2.3C2HF3O2/c1-23(2)13-14-26-18(28)17(27)25-12-8-20(19(25)22-26)6-10-24(11-7-20)15-16-5-3-4-9-21-16;3*3-2(4,5)1(6)7/h3-5,9H,6-8,10-15H2,1-2H3;3*(H,6,7). The molecule has 0 bridgehead atoms. The molecule has 2 aromatic heterocycles. The molecule has 1 fully saturated rings. The van der Waals surface area contributed by atoms with Crippen LogP contribution in [0.15, 0.2) is 34.0 Å². The van der Waals surface area contributed by atoms with Gasteiger partial charge in [-0.3, -0.25) is 24.0 Å². The number of alkyl halides is 9. The lowest BCUT2D eigenvalue weighted by Gasteiger charge is -2.38. The molecule has 0 saturated carbocycles. The molecule has 276 valence electrons. The van der Waals surface area contributed by atoms with Crippen LogP contribution < -0.4 is 11.1 Å². The second kappa shape index (κ2) is 17.2. The van der Waals surface area contributed by atoms with Crippen molar-refractivity contribution in [2.75, 3.05) is 33.7 Å². The Labute approximate surface area is 270 Å². The number of piperidine rings is 1. The van der Waals surface area contributed by atoms with Crippen molar-refractivity contribution < 1.29 is 69.2 Å². The second-order valence-electron chi connectivity index (χ2n) is 10.6.